The molecular formula is C19H21N7O. The number of aromatic nitrogens is 5. The molecule has 4 aromatic rings. The number of aliphatic hydroxyl groups is 1. The van der Waals surface area contributed by atoms with Crippen LogP contribution < -0.4 is 10.6 Å². The Hall–Kier alpha value is -2.97. The second-order valence-corrected chi connectivity index (χ2v) is 7.14. The summed E-state index contributed by atoms with van der Waals surface area (Å²) in [6.45, 7) is 1.54. The number of piperidine rings is 1. The van der Waals surface area contributed by atoms with E-state index in [0.717, 1.165) is 65.2 Å². The van der Waals surface area contributed by atoms with Gasteiger partial charge in [-0.2, -0.15) is 0 Å². The number of hydrogen-bond acceptors (Lipinski definition) is 6. The molecule has 27 heavy (non-hydrogen) atoms. The Kier molecular flexibility index (Phi) is 3.63. The number of aliphatic hydroxyl groups excluding tert-OH is 1. The van der Waals surface area contributed by atoms with E-state index < -0.39 is 5.54 Å². The number of anilines is 1. The van der Waals surface area contributed by atoms with Crippen molar-refractivity contribution in [1.82, 2.24) is 24.9 Å². The third-order valence-corrected chi connectivity index (χ3v) is 5.53. The molecule has 3 aromatic heterocycles. The Bertz CT molecular complexity index is 1110. The van der Waals surface area contributed by atoms with Crippen LogP contribution in [0.25, 0.3) is 22.1 Å². The fourth-order valence-corrected chi connectivity index (χ4v) is 3.92. The number of fused-ring (bicyclic) bond motifs is 2. The van der Waals surface area contributed by atoms with Crippen LogP contribution in [0, 0.1) is 0 Å². The van der Waals surface area contributed by atoms with Gasteiger partial charge in [-0.15, -0.1) is 0 Å². The molecule has 0 unspecified atom stereocenters. The summed E-state index contributed by atoms with van der Waals surface area (Å²) in [6, 6.07) is 7.77. The maximum Gasteiger partial charge on any atom is 0.142 e. The summed E-state index contributed by atoms with van der Waals surface area (Å²) in [4.78, 5) is 22.2. The van der Waals surface area contributed by atoms with Crippen LogP contribution in [-0.4, -0.2) is 43.1 Å². The third-order valence-electron chi connectivity index (χ3n) is 5.53. The van der Waals surface area contributed by atoms with Crippen LogP contribution in [-0.2, 0) is 12.1 Å². The quantitative estimate of drug-likeness (QED) is 0.440. The lowest BCUT2D eigenvalue weighted by Crippen LogP contribution is -2.49. The van der Waals surface area contributed by atoms with E-state index in [-0.39, 0.29) is 6.61 Å². The van der Waals surface area contributed by atoms with Gasteiger partial charge in [-0.05, 0) is 25.0 Å². The van der Waals surface area contributed by atoms with Crippen LogP contribution in [0.3, 0.4) is 0 Å². The number of rotatable bonds is 3. The van der Waals surface area contributed by atoms with Gasteiger partial charge in [-0.3, -0.25) is 0 Å². The molecule has 0 atom stereocenters. The van der Waals surface area contributed by atoms with E-state index in [1.807, 2.05) is 30.5 Å². The summed E-state index contributed by atoms with van der Waals surface area (Å²) >= 11 is 0. The van der Waals surface area contributed by atoms with Crippen molar-refractivity contribution < 1.29 is 5.11 Å². The Morgan fingerprint density at radius 3 is 2.85 bits per heavy atom. The van der Waals surface area contributed by atoms with Gasteiger partial charge in [-0.1, -0.05) is 12.1 Å². The molecule has 138 valence electrons. The zero-order chi connectivity index (χ0) is 18.4. The van der Waals surface area contributed by atoms with Gasteiger partial charge in [0.25, 0.3) is 0 Å². The lowest BCUT2D eigenvalue weighted by molar-refractivity contribution is 0.283. The topological polar surface area (TPSA) is 120 Å². The van der Waals surface area contributed by atoms with Crippen LogP contribution >= 0.6 is 0 Å². The molecule has 4 heterocycles. The maximum atomic E-state index is 9.54. The van der Waals surface area contributed by atoms with Crippen LogP contribution in [0.4, 0.5) is 5.82 Å². The zero-order valence-electron chi connectivity index (χ0n) is 14.8. The molecule has 5 rings (SSSR count). The van der Waals surface area contributed by atoms with Gasteiger partial charge in [-0.25, -0.2) is 15.0 Å². The molecule has 0 amide bonds. The van der Waals surface area contributed by atoms with Crippen molar-refractivity contribution in [2.45, 2.75) is 25.0 Å². The number of nitrogens with one attached hydrogen (secondary N) is 2. The van der Waals surface area contributed by atoms with Gasteiger partial charge in [0.1, 0.15) is 23.6 Å². The molecule has 0 bridgehead atoms. The third kappa shape index (κ3) is 2.56. The average Bonchev–Trinajstić information content (AvgIpc) is 3.35. The van der Waals surface area contributed by atoms with Gasteiger partial charge in [0, 0.05) is 24.8 Å². The van der Waals surface area contributed by atoms with E-state index in [4.69, 9.17) is 10.7 Å². The fourth-order valence-electron chi connectivity index (χ4n) is 3.92. The van der Waals surface area contributed by atoms with Crippen molar-refractivity contribution in [1.29, 1.82) is 0 Å². The highest BCUT2D eigenvalue weighted by Crippen LogP contribution is 2.33. The van der Waals surface area contributed by atoms with Gasteiger partial charge < -0.3 is 25.7 Å². The van der Waals surface area contributed by atoms with E-state index in [2.05, 4.69) is 24.8 Å². The van der Waals surface area contributed by atoms with Gasteiger partial charge in [0.2, 0.25) is 0 Å². The predicted molar refractivity (Wildman–Crippen MR) is 103 cm³/mol. The van der Waals surface area contributed by atoms with E-state index in [9.17, 15) is 5.11 Å². The normalized spacial score (nSPS) is 17.0. The first kappa shape index (κ1) is 16.2. The first-order valence-corrected chi connectivity index (χ1v) is 9.09. The highest BCUT2D eigenvalue weighted by atomic mass is 16.3. The Labute approximate surface area is 155 Å². The first-order valence-electron chi connectivity index (χ1n) is 9.09. The summed E-state index contributed by atoms with van der Waals surface area (Å²) in [5.74, 6) is 1.73. The molecule has 1 fully saturated rings. The van der Waals surface area contributed by atoms with Crippen LogP contribution in [0.15, 0.2) is 36.8 Å². The smallest absolute Gasteiger partial charge is 0.142 e. The van der Waals surface area contributed by atoms with Crippen LogP contribution in [0.2, 0.25) is 0 Å². The number of benzene rings is 1. The minimum Gasteiger partial charge on any atom is -0.392 e. The average molecular weight is 363 g/mol. The van der Waals surface area contributed by atoms with Crippen molar-refractivity contribution in [2.75, 3.05) is 18.0 Å². The predicted octanol–water partition coefficient (Wildman–Crippen LogP) is 1.78. The molecule has 0 saturated carbocycles. The summed E-state index contributed by atoms with van der Waals surface area (Å²) < 4.78 is 0. The van der Waals surface area contributed by atoms with Crippen molar-refractivity contribution in [2.24, 2.45) is 5.73 Å². The van der Waals surface area contributed by atoms with Crippen molar-refractivity contribution >= 4 is 27.9 Å². The van der Waals surface area contributed by atoms with Crippen LogP contribution in [0.5, 0.6) is 0 Å². The molecule has 0 radical (unpaired) electrons. The lowest BCUT2D eigenvalue weighted by Gasteiger charge is -2.38. The van der Waals surface area contributed by atoms with Gasteiger partial charge in [0.05, 0.1) is 28.6 Å². The van der Waals surface area contributed by atoms with E-state index in [1.165, 1.54) is 0 Å². The summed E-state index contributed by atoms with van der Waals surface area (Å²) in [5, 5.41) is 10.6. The molecular weight excluding hydrogens is 342 g/mol. The van der Waals surface area contributed by atoms with E-state index in [1.54, 1.807) is 6.33 Å². The van der Waals surface area contributed by atoms with Crippen molar-refractivity contribution in [3.8, 4) is 0 Å². The summed E-state index contributed by atoms with van der Waals surface area (Å²) in [6.07, 6.45) is 5.00. The molecule has 0 spiro atoms. The maximum absolute atomic E-state index is 9.54. The Balaban J connectivity index is 1.43. The molecule has 1 aliphatic rings. The number of imidazole rings is 1. The minimum absolute atomic E-state index is 0.0344. The second-order valence-electron chi connectivity index (χ2n) is 7.14. The highest BCUT2D eigenvalue weighted by molar-refractivity contribution is 5.87. The fraction of sp³-hybridized carbons (Fsp3) is 0.316. The van der Waals surface area contributed by atoms with Gasteiger partial charge >= 0.3 is 0 Å². The molecule has 8 heteroatoms. The Morgan fingerprint density at radius 1 is 1.19 bits per heavy atom. The van der Waals surface area contributed by atoms with Crippen molar-refractivity contribution in [3.05, 3.63) is 48.2 Å². The first-order chi connectivity index (χ1) is 13.2. The van der Waals surface area contributed by atoms with E-state index in [0.29, 0.717) is 0 Å². The van der Waals surface area contributed by atoms with E-state index >= 15 is 0 Å². The SMILES string of the molecule is NC1(c2nc3c(CO)cccc3[nH]2)CCN(c2ncnc3[nH]ccc23)CC1. The molecule has 1 aliphatic heterocycles. The number of hydrogen-bond donors (Lipinski definition) is 4. The van der Waals surface area contributed by atoms with Gasteiger partial charge in [0.15, 0.2) is 0 Å². The number of nitrogens with zero attached hydrogens (tertiary/aromatic N) is 4. The molecule has 1 aromatic carbocycles. The number of H-pyrrole nitrogens is 2. The monoisotopic (exact) mass is 363 g/mol. The number of para-hydroxylation sites is 1. The van der Waals surface area contributed by atoms with Crippen molar-refractivity contribution in [3.63, 3.8) is 0 Å². The molecule has 5 N–H and O–H groups in total. The molecule has 0 aliphatic carbocycles. The van der Waals surface area contributed by atoms with Crippen LogP contribution in [0.1, 0.15) is 24.2 Å². The second kappa shape index (κ2) is 6.04. The standard InChI is InChI=1S/C19H21N7O/c20-19(18-24-14-3-1-2-12(10-27)15(14)25-18)5-8-26(9-6-19)17-13-4-7-21-16(13)22-11-23-17/h1-4,7,11,27H,5-6,8-10,20H2,(H,24,25)(H,21,22,23). The number of nitrogens with two attached hydrogens (primary N) is 1. The minimum atomic E-state index is -0.521. The summed E-state index contributed by atoms with van der Waals surface area (Å²) in [5.41, 5.74) is 9.59. The Morgan fingerprint density at radius 2 is 2.04 bits per heavy atom. The number of aromatic amines is 2. The highest BCUT2D eigenvalue weighted by Gasteiger charge is 2.36. The molecule has 8 nitrogen and oxygen atoms in total. The largest absolute Gasteiger partial charge is 0.392 e. The molecule has 1 saturated heterocycles. The zero-order valence-corrected chi connectivity index (χ0v) is 14.8. The summed E-state index contributed by atoms with van der Waals surface area (Å²) in [7, 11) is 0. The lowest BCUT2D eigenvalue weighted by atomic mass is 9.88.